The van der Waals surface area contributed by atoms with Gasteiger partial charge in [0.25, 0.3) is 0 Å². The summed E-state index contributed by atoms with van der Waals surface area (Å²) in [5, 5.41) is 27.5. The van der Waals surface area contributed by atoms with Gasteiger partial charge in [0.15, 0.2) is 0 Å². The van der Waals surface area contributed by atoms with Crippen molar-refractivity contribution in [3.63, 3.8) is 0 Å². The second-order valence-electron chi connectivity index (χ2n) is 3.11. The van der Waals surface area contributed by atoms with Gasteiger partial charge in [0.05, 0.1) is 6.10 Å². The maximum Gasteiger partial charge on any atom is 0.354 e. The Hall–Kier alpha value is -0.230. The van der Waals surface area contributed by atoms with Crippen LogP contribution in [0.4, 0.5) is 0 Å². The lowest BCUT2D eigenvalue weighted by atomic mass is 9.99. The lowest BCUT2D eigenvalue weighted by Crippen LogP contribution is -2.39. The maximum absolute atomic E-state index is 11.3. The van der Waals surface area contributed by atoms with Crippen molar-refractivity contribution in [2.75, 3.05) is 7.11 Å². The Morgan fingerprint density at radius 1 is 1.50 bits per heavy atom. The molecule has 1 aliphatic carbocycles. The number of rotatable bonds is 2. The molecule has 14 heavy (non-hydrogen) atoms. The second-order valence-corrected chi connectivity index (χ2v) is 5.09. The predicted molar refractivity (Wildman–Crippen MR) is 47.6 cm³/mol. The van der Waals surface area contributed by atoms with Gasteiger partial charge in [0.2, 0.25) is 0 Å². The third-order valence-electron chi connectivity index (χ3n) is 2.14. The molecular weight excluding hydrogens is 211 g/mol. The van der Waals surface area contributed by atoms with Crippen LogP contribution in [0.25, 0.3) is 0 Å². The van der Waals surface area contributed by atoms with E-state index in [0.717, 1.165) is 13.2 Å². The lowest BCUT2D eigenvalue weighted by molar-refractivity contribution is -0.0466. The Morgan fingerprint density at radius 2 is 2.07 bits per heavy atom. The van der Waals surface area contributed by atoms with Crippen LogP contribution < -0.4 is 0 Å². The fourth-order valence-corrected chi connectivity index (χ4v) is 2.25. The van der Waals surface area contributed by atoms with Gasteiger partial charge in [-0.2, -0.15) is 0 Å². The molecule has 0 aromatic heterocycles. The number of aliphatic hydroxyl groups is 3. The van der Waals surface area contributed by atoms with E-state index in [0.29, 0.717) is 0 Å². The summed E-state index contributed by atoms with van der Waals surface area (Å²) in [4.78, 5) is 9.23. The molecule has 0 spiro atoms. The Labute approximate surface area is 81.0 Å². The highest BCUT2D eigenvalue weighted by Gasteiger charge is 2.36. The first-order chi connectivity index (χ1) is 6.38. The van der Waals surface area contributed by atoms with Crippen LogP contribution in [0.15, 0.2) is 11.4 Å². The molecule has 0 amide bonds. The summed E-state index contributed by atoms with van der Waals surface area (Å²) < 4.78 is 15.6. The van der Waals surface area contributed by atoms with Crippen molar-refractivity contribution < 1.29 is 29.3 Å². The Kier molecular flexibility index (Phi) is 3.47. The molecule has 4 N–H and O–H groups in total. The normalized spacial score (nSPS) is 37.5. The second kappa shape index (κ2) is 4.10. The first kappa shape index (κ1) is 11.8. The molecule has 0 heterocycles. The fraction of sp³-hybridized carbons (Fsp3) is 0.714. The van der Waals surface area contributed by atoms with E-state index in [9.17, 15) is 19.7 Å². The van der Waals surface area contributed by atoms with Crippen LogP contribution in [-0.2, 0) is 9.09 Å². The number of aliphatic hydroxyl groups excluding tert-OH is 3. The highest BCUT2D eigenvalue weighted by atomic mass is 31.2. The molecule has 0 radical (unpaired) electrons. The third kappa shape index (κ3) is 2.23. The van der Waals surface area contributed by atoms with E-state index < -0.39 is 25.9 Å². The van der Waals surface area contributed by atoms with Gasteiger partial charge in [-0.1, -0.05) is 0 Å². The molecule has 0 aliphatic heterocycles. The Morgan fingerprint density at radius 3 is 2.50 bits per heavy atom. The molecule has 0 bridgehead atoms. The number of hydrogen-bond donors (Lipinski definition) is 4. The van der Waals surface area contributed by atoms with Crippen LogP contribution in [0.5, 0.6) is 0 Å². The van der Waals surface area contributed by atoms with Crippen LogP contribution in [0.3, 0.4) is 0 Å². The molecule has 0 aromatic rings. The average molecular weight is 224 g/mol. The standard InChI is InChI=1S/C7H13O6P/c1-13-14(11,12)4-2-5(8)7(10)6(9)3-4/h2,5-10H,3H2,1H3,(H,11,12)/t5-,6-,7-/m1/s1. The molecule has 0 fully saturated rings. The van der Waals surface area contributed by atoms with Crippen molar-refractivity contribution in [3.05, 3.63) is 11.4 Å². The van der Waals surface area contributed by atoms with Crippen LogP contribution in [0, 0.1) is 0 Å². The van der Waals surface area contributed by atoms with Crippen LogP contribution in [0.1, 0.15) is 6.42 Å². The van der Waals surface area contributed by atoms with Gasteiger partial charge in [-0.05, 0) is 6.08 Å². The van der Waals surface area contributed by atoms with Gasteiger partial charge in [-0.3, -0.25) is 4.57 Å². The average Bonchev–Trinajstić information content (AvgIpc) is 2.13. The third-order valence-corrected chi connectivity index (χ3v) is 3.69. The van der Waals surface area contributed by atoms with Crippen molar-refractivity contribution in [3.8, 4) is 0 Å². The van der Waals surface area contributed by atoms with Crippen molar-refractivity contribution in [1.29, 1.82) is 0 Å². The molecule has 0 saturated carbocycles. The van der Waals surface area contributed by atoms with E-state index in [-0.39, 0.29) is 11.7 Å². The SMILES string of the molecule is COP(=O)(O)C1=C[C@@H](O)[C@@H](O)[C@H](O)C1. The molecular formula is C7H13O6P. The van der Waals surface area contributed by atoms with Gasteiger partial charge >= 0.3 is 7.60 Å². The quantitative estimate of drug-likeness (QED) is 0.457. The minimum Gasteiger partial charge on any atom is -0.390 e. The zero-order chi connectivity index (χ0) is 10.9. The van der Waals surface area contributed by atoms with E-state index in [1.807, 2.05) is 0 Å². The van der Waals surface area contributed by atoms with E-state index >= 15 is 0 Å². The molecule has 0 aromatic carbocycles. The van der Waals surface area contributed by atoms with E-state index in [4.69, 9.17) is 5.11 Å². The van der Waals surface area contributed by atoms with E-state index in [1.165, 1.54) is 0 Å². The number of hydrogen-bond acceptors (Lipinski definition) is 5. The van der Waals surface area contributed by atoms with Crippen LogP contribution in [0.2, 0.25) is 0 Å². The molecule has 82 valence electrons. The van der Waals surface area contributed by atoms with Crippen LogP contribution in [-0.4, -0.2) is 45.6 Å². The summed E-state index contributed by atoms with van der Waals surface area (Å²) in [5.41, 5.74) is 0. The van der Waals surface area contributed by atoms with Crippen molar-refractivity contribution in [1.82, 2.24) is 0 Å². The monoisotopic (exact) mass is 224 g/mol. The van der Waals surface area contributed by atoms with Crippen LogP contribution >= 0.6 is 7.60 Å². The summed E-state index contributed by atoms with van der Waals surface area (Å²) in [6.45, 7) is 0. The van der Waals surface area contributed by atoms with Gasteiger partial charge in [-0.15, -0.1) is 0 Å². The summed E-state index contributed by atoms with van der Waals surface area (Å²) in [7, 11) is -2.86. The van der Waals surface area contributed by atoms with Gasteiger partial charge in [-0.25, -0.2) is 0 Å². The molecule has 4 atom stereocenters. The predicted octanol–water partition coefficient (Wildman–Crippen LogP) is -0.812. The molecule has 1 aliphatic rings. The van der Waals surface area contributed by atoms with E-state index in [2.05, 4.69) is 4.52 Å². The molecule has 1 rings (SSSR count). The highest BCUT2D eigenvalue weighted by Crippen LogP contribution is 2.53. The fourth-order valence-electron chi connectivity index (χ4n) is 1.25. The summed E-state index contributed by atoms with van der Waals surface area (Å²) in [5.74, 6) is 0. The summed E-state index contributed by atoms with van der Waals surface area (Å²) >= 11 is 0. The van der Waals surface area contributed by atoms with Crippen molar-refractivity contribution in [2.45, 2.75) is 24.7 Å². The minimum absolute atomic E-state index is 0.0784. The Bertz CT molecular complexity index is 288. The first-order valence-electron chi connectivity index (χ1n) is 4.02. The first-order valence-corrected chi connectivity index (χ1v) is 5.60. The summed E-state index contributed by atoms with van der Waals surface area (Å²) in [6.07, 6.45) is -3.05. The van der Waals surface area contributed by atoms with Gasteiger partial charge in [0, 0.05) is 18.8 Å². The molecule has 6 nitrogen and oxygen atoms in total. The Balaban J connectivity index is 2.93. The van der Waals surface area contributed by atoms with Crippen molar-refractivity contribution >= 4 is 7.60 Å². The maximum atomic E-state index is 11.3. The van der Waals surface area contributed by atoms with Gasteiger partial charge in [0.1, 0.15) is 12.2 Å². The molecule has 1 unspecified atom stereocenters. The zero-order valence-electron chi connectivity index (χ0n) is 7.57. The smallest absolute Gasteiger partial charge is 0.354 e. The minimum atomic E-state index is -3.92. The molecule has 7 heteroatoms. The molecule has 0 saturated heterocycles. The van der Waals surface area contributed by atoms with Gasteiger partial charge < -0.3 is 24.7 Å². The van der Waals surface area contributed by atoms with E-state index in [1.54, 1.807) is 0 Å². The largest absolute Gasteiger partial charge is 0.390 e. The highest BCUT2D eigenvalue weighted by molar-refractivity contribution is 7.57. The summed E-state index contributed by atoms with van der Waals surface area (Å²) in [6, 6.07) is 0. The lowest BCUT2D eigenvalue weighted by Gasteiger charge is -2.28. The van der Waals surface area contributed by atoms with Crippen molar-refractivity contribution in [2.24, 2.45) is 0 Å². The topological polar surface area (TPSA) is 107 Å². The zero-order valence-corrected chi connectivity index (χ0v) is 8.46.